The van der Waals surface area contributed by atoms with Crippen LogP contribution < -0.4 is 0 Å². The summed E-state index contributed by atoms with van der Waals surface area (Å²) >= 11 is 3.74. The topological polar surface area (TPSA) is 20.3 Å². The smallest absolute Gasteiger partial charge is 0.205 e. The van der Waals surface area contributed by atoms with Crippen molar-refractivity contribution < 1.29 is 4.79 Å². The van der Waals surface area contributed by atoms with E-state index in [1.54, 1.807) is 0 Å². The predicted molar refractivity (Wildman–Crippen MR) is 41.8 cm³/mol. The molecule has 0 unspecified atom stereocenters. The van der Waals surface area contributed by atoms with E-state index in [1.807, 2.05) is 32.8 Å². The number of carbonyl (C=O) groups is 1. The van der Waals surface area contributed by atoms with Crippen LogP contribution in [0, 0.1) is 0 Å². The van der Waals surface area contributed by atoms with Gasteiger partial charge in [0.2, 0.25) is 5.12 Å². The molecular formula is C6H13NOS. The van der Waals surface area contributed by atoms with Crippen molar-refractivity contribution in [1.82, 2.24) is 4.90 Å². The van der Waals surface area contributed by atoms with Gasteiger partial charge in [-0.25, -0.2) is 0 Å². The van der Waals surface area contributed by atoms with E-state index in [0.717, 1.165) is 0 Å². The second-order valence-corrected chi connectivity index (χ2v) is 3.16. The molecule has 0 amide bonds. The van der Waals surface area contributed by atoms with Gasteiger partial charge in [0.25, 0.3) is 0 Å². The van der Waals surface area contributed by atoms with Gasteiger partial charge in [-0.2, -0.15) is 0 Å². The average Bonchev–Trinajstić information content (AvgIpc) is 1.65. The van der Waals surface area contributed by atoms with Gasteiger partial charge in [0, 0.05) is 0 Å². The molecule has 0 aromatic heterocycles. The first-order chi connectivity index (χ1) is 3.89. The van der Waals surface area contributed by atoms with E-state index in [1.165, 1.54) is 0 Å². The molecule has 0 radical (unpaired) electrons. The Labute approximate surface area is 61.6 Å². The van der Waals surface area contributed by atoms with Crippen molar-refractivity contribution in [2.75, 3.05) is 14.1 Å². The van der Waals surface area contributed by atoms with Crippen LogP contribution in [0.5, 0.6) is 0 Å². The van der Waals surface area contributed by atoms with E-state index < -0.39 is 5.54 Å². The van der Waals surface area contributed by atoms with Crippen LogP contribution in [0.1, 0.15) is 13.8 Å². The Hall–Kier alpha value is -0.0200. The molecule has 2 nitrogen and oxygen atoms in total. The molecule has 0 rings (SSSR count). The predicted octanol–water partition coefficient (Wildman–Crippen LogP) is 0.783. The minimum Gasteiger partial charge on any atom is -0.297 e. The number of rotatable bonds is 2. The second-order valence-electron chi connectivity index (χ2n) is 2.76. The Bertz CT molecular complexity index is 120. The van der Waals surface area contributed by atoms with Crippen molar-refractivity contribution in [3.63, 3.8) is 0 Å². The van der Waals surface area contributed by atoms with Gasteiger partial charge in [-0.15, -0.1) is 12.6 Å². The summed E-state index contributed by atoms with van der Waals surface area (Å²) in [5.74, 6) is 0. The van der Waals surface area contributed by atoms with Crippen LogP contribution in [-0.2, 0) is 4.79 Å². The summed E-state index contributed by atoms with van der Waals surface area (Å²) in [5.41, 5.74) is -0.441. The zero-order valence-corrected chi connectivity index (χ0v) is 7.20. The van der Waals surface area contributed by atoms with Crippen molar-refractivity contribution in [2.24, 2.45) is 0 Å². The van der Waals surface area contributed by atoms with Gasteiger partial charge in [0.05, 0.1) is 5.54 Å². The Kier molecular flexibility index (Phi) is 2.70. The van der Waals surface area contributed by atoms with Crippen molar-refractivity contribution in [2.45, 2.75) is 19.4 Å². The molecule has 0 aromatic carbocycles. The number of carbonyl (C=O) groups excluding carboxylic acids is 1. The molecule has 9 heavy (non-hydrogen) atoms. The van der Waals surface area contributed by atoms with Gasteiger partial charge in [0.1, 0.15) is 0 Å². The first-order valence-corrected chi connectivity index (χ1v) is 3.24. The first-order valence-electron chi connectivity index (χ1n) is 2.80. The molecular weight excluding hydrogens is 134 g/mol. The summed E-state index contributed by atoms with van der Waals surface area (Å²) in [5, 5.41) is -0.104. The molecule has 0 aliphatic carbocycles. The zero-order valence-electron chi connectivity index (χ0n) is 6.30. The summed E-state index contributed by atoms with van der Waals surface area (Å²) in [6.07, 6.45) is 0. The maximum Gasteiger partial charge on any atom is 0.205 e. The molecule has 54 valence electrons. The van der Waals surface area contributed by atoms with Gasteiger partial charge in [-0.1, -0.05) is 0 Å². The van der Waals surface area contributed by atoms with Crippen LogP contribution in [0.4, 0.5) is 0 Å². The summed E-state index contributed by atoms with van der Waals surface area (Å²) in [4.78, 5) is 12.6. The van der Waals surface area contributed by atoms with Gasteiger partial charge in [-0.3, -0.25) is 9.69 Å². The number of hydrogen-bond acceptors (Lipinski definition) is 2. The van der Waals surface area contributed by atoms with E-state index in [4.69, 9.17) is 0 Å². The lowest BCUT2D eigenvalue weighted by molar-refractivity contribution is -0.118. The second kappa shape index (κ2) is 2.71. The van der Waals surface area contributed by atoms with Crippen molar-refractivity contribution in [1.29, 1.82) is 0 Å². The van der Waals surface area contributed by atoms with Gasteiger partial charge in [-0.05, 0) is 27.9 Å². The summed E-state index contributed by atoms with van der Waals surface area (Å²) in [6.45, 7) is 3.67. The quantitative estimate of drug-likeness (QED) is 0.583. The molecule has 0 atom stereocenters. The molecule has 0 aromatic rings. The zero-order chi connectivity index (χ0) is 7.65. The third-order valence-electron chi connectivity index (χ3n) is 1.64. The van der Waals surface area contributed by atoms with E-state index in [9.17, 15) is 4.79 Å². The minimum atomic E-state index is -0.441. The van der Waals surface area contributed by atoms with E-state index in [2.05, 4.69) is 12.6 Å². The summed E-state index contributed by atoms with van der Waals surface area (Å²) in [6, 6.07) is 0. The maximum atomic E-state index is 10.7. The molecule has 0 saturated heterocycles. The van der Waals surface area contributed by atoms with Crippen LogP contribution in [-0.4, -0.2) is 29.6 Å². The highest BCUT2D eigenvalue weighted by molar-refractivity contribution is 7.96. The fraction of sp³-hybridized carbons (Fsp3) is 0.833. The lowest BCUT2D eigenvalue weighted by Crippen LogP contribution is -2.43. The SMILES string of the molecule is CN(C)C(C)(C)C(=O)S. The third kappa shape index (κ3) is 1.99. The molecule has 0 spiro atoms. The highest BCUT2D eigenvalue weighted by atomic mass is 32.1. The standard InChI is InChI=1S/C6H13NOS/c1-6(2,5(8)9)7(3)4/h1-4H3,(H,8,9). The first kappa shape index (κ1) is 8.98. The minimum absolute atomic E-state index is 0.104. The molecule has 0 fully saturated rings. The maximum absolute atomic E-state index is 10.7. The lowest BCUT2D eigenvalue weighted by Gasteiger charge is -2.28. The van der Waals surface area contributed by atoms with Crippen molar-refractivity contribution >= 4 is 17.7 Å². The Morgan fingerprint density at radius 1 is 1.44 bits per heavy atom. The van der Waals surface area contributed by atoms with Crippen LogP contribution in [0.2, 0.25) is 0 Å². The number of thiol groups is 1. The molecule has 0 aliphatic rings. The van der Waals surface area contributed by atoms with Crippen LogP contribution in [0.15, 0.2) is 0 Å². The van der Waals surface area contributed by atoms with Crippen molar-refractivity contribution in [3.8, 4) is 0 Å². The van der Waals surface area contributed by atoms with Crippen molar-refractivity contribution in [3.05, 3.63) is 0 Å². The largest absolute Gasteiger partial charge is 0.297 e. The van der Waals surface area contributed by atoms with Gasteiger partial charge in [0.15, 0.2) is 0 Å². The number of likely N-dealkylation sites (N-methyl/N-ethyl adjacent to an activating group) is 1. The fourth-order valence-electron chi connectivity index (χ4n) is 0.191. The Morgan fingerprint density at radius 3 is 1.78 bits per heavy atom. The Balaban J connectivity index is 4.19. The molecule has 0 bridgehead atoms. The summed E-state index contributed by atoms with van der Waals surface area (Å²) < 4.78 is 0. The summed E-state index contributed by atoms with van der Waals surface area (Å²) in [7, 11) is 3.71. The lowest BCUT2D eigenvalue weighted by atomic mass is 10.1. The fourth-order valence-corrected chi connectivity index (χ4v) is 0.391. The van der Waals surface area contributed by atoms with Crippen LogP contribution in [0.25, 0.3) is 0 Å². The average molecular weight is 147 g/mol. The van der Waals surface area contributed by atoms with E-state index in [-0.39, 0.29) is 5.12 Å². The molecule has 3 heteroatoms. The Morgan fingerprint density at radius 2 is 1.78 bits per heavy atom. The number of nitrogens with zero attached hydrogens (tertiary/aromatic N) is 1. The number of hydrogen-bond donors (Lipinski definition) is 1. The third-order valence-corrected chi connectivity index (χ3v) is 2.19. The van der Waals surface area contributed by atoms with Gasteiger partial charge < -0.3 is 0 Å². The monoisotopic (exact) mass is 147 g/mol. The van der Waals surface area contributed by atoms with E-state index in [0.29, 0.717) is 0 Å². The van der Waals surface area contributed by atoms with E-state index >= 15 is 0 Å². The highest BCUT2D eigenvalue weighted by Gasteiger charge is 2.26. The molecule has 0 saturated carbocycles. The normalized spacial score (nSPS) is 12.2. The molecule has 0 N–H and O–H groups in total. The molecule has 0 aliphatic heterocycles. The highest BCUT2D eigenvalue weighted by Crippen LogP contribution is 2.12. The van der Waals surface area contributed by atoms with Crippen LogP contribution >= 0.6 is 12.6 Å². The van der Waals surface area contributed by atoms with Crippen LogP contribution in [0.3, 0.4) is 0 Å². The molecule has 0 heterocycles. The van der Waals surface area contributed by atoms with Gasteiger partial charge >= 0.3 is 0 Å².